The summed E-state index contributed by atoms with van der Waals surface area (Å²) in [6.45, 7) is 0.554. The van der Waals surface area contributed by atoms with Gasteiger partial charge in [0.15, 0.2) is 0 Å². The third kappa shape index (κ3) is 1.53. The molecule has 2 aromatic rings. The molecule has 0 saturated heterocycles. The molecule has 2 nitrogen and oxygen atoms in total. The van der Waals surface area contributed by atoms with E-state index in [0.29, 0.717) is 6.54 Å². The van der Waals surface area contributed by atoms with Crippen molar-refractivity contribution in [1.29, 1.82) is 0 Å². The van der Waals surface area contributed by atoms with Gasteiger partial charge in [0, 0.05) is 12.4 Å². The quantitative estimate of drug-likeness (QED) is 0.656. The van der Waals surface area contributed by atoms with Crippen LogP contribution in [0.3, 0.4) is 0 Å². The normalized spacial score (nSPS) is 12.3. The van der Waals surface area contributed by atoms with Crippen LogP contribution in [0.5, 0.6) is 0 Å². The molecule has 0 atom stereocenters. The molecule has 0 unspecified atom stereocenters. The number of aromatic nitrogens is 2. The highest BCUT2D eigenvalue weighted by Crippen LogP contribution is 2.00. The molecule has 1 heterocycles. The van der Waals surface area contributed by atoms with Crippen LogP contribution in [0.1, 0.15) is 8.30 Å². The summed E-state index contributed by atoms with van der Waals surface area (Å²) in [6.07, 6.45) is 1.56. The molecule has 2 heteroatoms. The van der Waals surface area contributed by atoms with Gasteiger partial charge >= 0.3 is 0 Å². The fourth-order valence-corrected chi connectivity index (χ4v) is 1.07. The first-order chi connectivity index (χ1) is 6.77. The van der Waals surface area contributed by atoms with E-state index in [-0.39, 0.29) is 12.2 Å². The first kappa shape index (κ1) is 5.14. The van der Waals surface area contributed by atoms with Gasteiger partial charge in [0.2, 0.25) is 0 Å². The van der Waals surface area contributed by atoms with Gasteiger partial charge in [-0.2, -0.15) is 5.10 Å². The van der Waals surface area contributed by atoms with E-state index in [1.165, 1.54) is 10.9 Å². The number of rotatable bonds is 2. The van der Waals surface area contributed by atoms with Crippen LogP contribution in [-0.4, -0.2) is 9.78 Å². The molecule has 0 fully saturated rings. The predicted molar refractivity (Wildman–Crippen MR) is 47.8 cm³/mol. The molecule has 2 rings (SSSR count). The maximum Gasteiger partial charge on any atom is 0.0837 e. The van der Waals surface area contributed by atoms with Gasteiger partial charge in [0.25, 0.3) is 0 Å². The monoisotopic (exact) mass is 160 g/mol. The standard InChI is InChI=1S/C10H10N2/c1-2-5-10(6-3-1)9-12-8-4-7-11-12/h1-8H,9H2/i4D,8D. The molecule has 0 spiro atoms. The van der Waals surface area contributed by atoms with Crippen LogP contribution >= 0.6 is 0 Å². The Kier molecular flexibility index (Phi) is 1.38. The van der Waals surface area contributed by atoms with Crippen LogP contribution in [0.15, 0.2) is 48.7 Å². The molecule has 0 radical (unpaired) electrons. The highest BCUT2D eigenvalue weighted by molar-refractivity contribution is 5.14. The van der Waals surface area contributed by atoms with Gasteiger partial charge in [-0.3, -0.25) is 4.68 Å². The molecular formula is C10H10N2. The van der Waals surface area contributed by atoms with E-state index in [2.05, 4.69) is 5.10 Å². The maximum absolute atomic E-state index is 7.54. The fourth-order valence-electron chi connectivity index (χ4n) is 1.07. The molecule has 1 aromatic heterocycles. The van der Waals surface area contributed by atoms with E-state index in [0.717, 1.165) is 5.56 Å². The highest BCUT2D eigenvalue weighted by Gasteiger charge is 1.91. The maximum atomic E-state index is 7.54. The van der Waals surface area contributed by atoms with Crippen molar-refractivity contribution in [1.82, 2.24) is 9.78 Å². The number of nitrogens with zero attached hydrogens (tertiary/aromatic N) is 2. The van der Waals surface area contributed by atoms with Gasteiger partial charge in [-0.1, -0.05) is 30.3 Å². The summed E-state index contributed by atoms with van der Waals surface area (Å²) in [6, 6.07) is 9.97. The van der Waals surface area contributed by atoms with E-state index in [9.17, 15) is 0 Å². The van der Waals surface area contributed by atoms with Crippen molar-refractivity contribution in [2.75, 3.05) is 0 Å². The summed E-state index contributed by atoms with van der Waals surface area (Å²) in [7, 11) is 0. The summed E-state index contributed by atoms with van der Waals surface area (Å²) in [5.41, 5.74) is 1.09. The Morgan fingerprint density at radius 2 is 2.17 bits per heavy atom. The summed E-state index contributed by atoms with van der Waals surface area (Å²) < 4.78 is 16.4. The number of hydrogen-bond acceptors (Lipinski definition) is 1. The minimum atomic E-state index is 0.161. The van der Waals surface area contributed by atoms with Crippen LogP contribution in [0.4, 0.5) is 0 Å². The summed E-state index contributed by atoms with van der Waals surface area (Å²) in [4.78, 5) is 0. The van der Waals surface area contributed by atoms with Crippen LogP contribution in [0, 0.1) is 0 Å². The fraction of sp³-hybridized carbons (Fsp3) is 0.100. The van der Waals surface area contributed by atoms with Gasteiger partial charge in [-0.25, -0.2) is 0 Å². The van der Waals surface area contributed by atoms with E-state index in [1.54, 1.807) is 0 Å². The largest absolute Gasteiger partial charge is 0.268 e. The lowest BCUT2D eigenvalue weighted by atomic mass is 10.2. The van der Waals surface area contributed by atoms with Gasteiger partial charge in [0.05, 0.1) is 9.29 Å². The Morgan fingerprint density at radius 1 is 1.33 bits per heavy atom. The van der Waals surface area contributed by atoms with Crippen LogP contribution in [0.2, 0.25) is 0 Å². The smallest absolute Gasteiger partial charge is 0.0837 e. The van der Waals surface area contributed by atoms with E-state index in [4.69, 9.17) is 2.74 Å². The third-order valence-corrected chi connectivity index (χ3v) is 1.63. The third-order valence-electron chi connectivity index (χ3n) is 1.63. The Bertz CT molecular complexity index is 423. The summed E-state index contributed by atoms with van der Waals surface area (Å²) in [5.74, 6) is 0. The van der Waals surface area contributed by atoms with Crippen molar-refractivity contribution in [3.05, 3.63) is 54.3 Å². The lowest BCUT2D eigenvalue weighted by molar-refractivity contribution is 0.687. The molecule has 0 saturated carbocycles. The SMILES string of the molecule is [2H]c1cnn(Cc2ccccc2)c1[2H]. The molecule has 0 bridgehead atoms. The Morgan fingerprint density at radius 3 is 2.83 bits per heavy atom. The van der Waals surface area contributed by atoms with Gasteiger partial charge in [-0.05, 0) is 11.6 Å². The number of hydrogen-bond donors (Lipinski definition) is 0. The Balaban J connectivity index is 2.23. The van der Waals surface area contributed by atoms with E-state index in [1.807, 2.05) is 30.3 Å². The Hall–Kier alpha value is -1.57. The average Bonchev–Trinajstić information content (AvgIpc) is 2.52. The van der Waals surface area contributed by atoms with Gasteiger partial charge < -0.3 is 0 Å². The second kappa shape index (κ2) is 3.22. The van der Waals surface area contributed by atoms with Gasteiger partial charge in [-0.15, -0.1) is 0 Å². The average molecular weight is 160 g/mol. The van der Waals surface area contributed by atoms with Crippen molar-refractivity contribution in [3.8, 4) is 0 Å². The predicted octanol–water partition coefficient (Wildman–Crippen LogP) is 1.93. The first-order valence-electron chi connectivity index (χ1n) is 4.80. The topological polar surface area (TPSA) is 17.8 Å². The van der Waals surface area contributed by atoms with Crippen LogP contribution in [-0.2, 0) is 6.54 Å². The molecule has 12 heavy (non-hydrogen) atoms. The van der Waals surface area contributed by atoms with Crippen molar-refractivity contribution in [2.45, 2.75) is 6.54 Å². The highest BCUT2D eigenvalue weighted by atomic mass is 15.3. The van der Waals surface area contributed by atoms with Crippen molar-refractivity contribution in [3.63, 3.8) is 0 Å². The molecule has 0 aliphatic carbocycles. The lowest BCUT2D eigenvalue weighted by Gasteiger charge is -1.99. The number of benzene rings is 1. The Labute approximate surface area is 74.3 Å². The van der Waals surface area contributed by atoms with Crippen LogP contribution in [0.25, 0.3) is 0 Å². The van der Waals surface area contributed by atoms with Crippen molar-refractivity contribution in [2.24, 2.45) is 0 Å². The van der Waals surface area contributed by atoms with E-state index < -0.39 is 0 Å². The second-order valence-corrected chi connectivity index (χ2v) is 2.54. The molecule has 0 aliphatic rings. The molecule has 0 amide bonds. The first-order valence-corrected chi connectivity index (χ1v) is 3.80. The zero-order valence-electron chi connectivity index (χ0n) is 8.57. The van der Waals surface area contributed by atoms with Crippen molar-refractivity contribution < 1.29 is 2.74 Å². The second-order valence-electron chi connectivity index (χ2n) is 2.54. The minimum absolute atomic E-state index is 0.161. The van der Waals surface area contributed by atoms with Crippen LogP contribution < -0.4 is 0 Å². The van der Waals surface area contributed by atoms with E-state index >= 15 is 0 Å². The zero-order chi connectivity index (χ0) is 9.97. The molecule has 0 aliphatic heterocycles. The summed E-state index contributed by atoms with van der Waals surface area (Å²) in [5, 5.41) is 3.95. The zero-order valence-corrected chi connectivity index (χ0v) is 6.57. The van der Waals surface area contributed by atoms with Gasteiger partial charge in [0.1, 0.15) is 0 Å². The van der Waals surface area contributed by atoms with Crippen molar-refractivity contribution >= 4 is 0 Å². The minimum Gasteiger partial charge on any atom is -0.268 e. The molecule has 1 aromatic carbocycles. The summed E-state index contributed by atoms with van der Waals surface area (Å²) >= 11 is 0. The lowest BCUT2D eigenvalue weighted by Crippen LogP contribution is -1.98. The molecular weight excluding hydrogens is 148 g/mol. The molecule has 60 valence electrons. The molecule has 0 N–H and O–H groups in total.